The minimum absolute atomic E-state index is 0. The zero-order valence-corrected chi connectivity index (χ0v) is 14.6. The lowest BCUT2D eigenvalue weighted by Gasteiger charge is -2.37. The van der Waals surface area contributed by atoms with Gasteiger partial charge in [0.1, 0.15) is 0 Å². The zero-order chi connectivity index (χ0) is 13.3. The van der Waals surface area contributed by atoms with E-state index >= 15 is 0 Å². The highest BCUT2D eigenvalue weighted by atomic mass is 127. The largest absolute Gasteiger partial charge is 0.370 e. The fourth-order valence-electron chi connectivity index (χ4n) is 2.03. The Morgan fingerprint density at radius 2 is 2.00 bits per heavy atom. The molecular formula is C11H23IN4O2S. The molecule has 0 spiro atoms. The molecule has 0 aromatic carbocycles. The summed E-state index contributed by atoms with van der Waals surface area (Å²) in [6.07, 6.45) is 2.39. The van der Waals surface area contributed by atoms with Crippen molar-refractivity contribution in [2.24, 2.45) is 16.6 Å². The van der Waals surface area contributed by atoms with Crippen LogP contribution in [0.15, 0.2) is 4.99 Å². The van der Waals surface area contributed by atoms with Gasteiger partial charge in [0.2, 0.25) is 10.0 Å². The molecule has 2 fully saturated rings. The lowest BCUT2D eigenvalue weighted by molar-refractivity contribution is 0.207. The van der Waals surface area contributed by atoms with Gasteiger partial charge in [0.05, 0.1) is 5.75 Å². The third-order valence-electron chi connectivity index (χ3n) is 3.65. The number of hydrogen-bond donors (Lipinski definition) is 1. The number of nitrogens with zero attached hydrogens (tertiary/aromatic N) is 3. The minimum atomic E-state index is -3.01. The quantitative estimate of drug-likeness (QED) is 0.408. The molecule has 0 aromatic heterocycles. The summed E-state index contributed by atoms with van der Waals surface area (Å²) in [7, 11) is -1.05. The first-order valence-corrected chi connectivity index (χ1v) is 8.05. The van der Waals surface area contributed by atoms with Crippen LogP contribution in [0.4, 0.5) is 0 Å². The van der Waals surface area contributed by atoms with Crippen molar-refractivity contribution in [2.45, 2.75) is 25.8 Å². The number of sulfonamides is 1. The maximum absolute atomic E-state index is 11.5. The molecule has 0 amide bonds. The second-order valence-electron chi connectivity index (χ2n) is 5.12. The van der Waals surface area contributed by atoms with Crippen LogP contribution in [-0.4, -0.2) is 62.1 Å². The molecule has 1 aliphatic heterocycles. The highest BCUT2D eigenvalue weighted by Crippen LogP contribution is 2.25. The van der Waals surface area contributed by atoms with E-state index in [1.807, 2.05) is 11.9 Å². The smallest absolute Gasteiger partial charge is 0.213 e. The number of rotatable bonds is 5. The van der Waals surface area contributed by atoms with E-state index < -0.39 is 10.0 Å². The fourth-order valence-corrected chi connectivity index (χ4v) is 3.27. The molecule has 19 heavy (non-hydrogen) atoms. The second kappa shape index (κ2) is 6.57. The molecule has 0 aromatic rings. The monoisotopic (exact) mass is 402 g/mol. The first-order chi connectivity index (χ1) is 8.44. The Morgan fingerprint density at radius 3 is 2.47 bits per heavy atom. The van der Waals surface area contributed by atoms with E-state index in [4.69, 9.17) is 5.73 Å². The van der Waals surface area contributed by atoms with Crippen LogP contribution in [0.2, 0.25) is 0 Å². The SMILES string of the molecule is CCS(=O)(=O)N1CC(CN=C(N)N(C)C2CC2)C1.I. The Hall–Kier alpha value is -0.0900. The zero-order valence-electron chi connectivity index (χ0n) is 11.4. The van der Waals surface area contributed by atoms with Crippen LogP contribution in [0.25, 0.3) is 0 Å². The van der Waals surface area contributed by atoms with Crippen molar-refractivity contribution in [2.75, 3.05) is 32.4 Å². The molecule has 0 atom stereocenters. The summed E-state index contributed by atoms with van der Waals surface area (Å²) >= 11 is 0. The summed E-state index contributed by atoms with van der Waals surface area (Å²) in [5, 5.41) is 0. The second-order valence-corrected chi connectivity index (χ2v) is 7.38. The van der Waals surface area contributed by atoms with E-state index in [1.54, 1.807) is 6.92 Å². The first-order valence-electron chi connectivity index (χ1n) is 6.44. The Kier molecular flexibility index (Phi) is 5.87. The summed E-state index contributed by atoms with van der Waals surface area (Å²) in [5.74, 6) is 1.07. The van der Waals surface area contributed by atoms with Crippen molar-refractivity contribution in [3.8, 4) is 0 Å². The molecule has 2 rings (SSSR count). The van der Waals surface area contributed by atoms with Crippen LogP contribution in [-0.2, 0) is 10.0 Å². The van der Waals surface area contributed by atoms with Crippen molar-refractivity contribution in [3.63, 3.8) is 0 Å². The van der Waals surface area contributed by atoms with Crippen LogP contribution in [0.3, 0.4) is 0 Å². The summed E-state index contributed by atoms with van der Waals surface area (Å²) in [6, 6.07) is 0.562. The predicted octanol–water partition coefficient (Wildman–Crippen LogP) is 0.295. The topological polar surface area (TPSA) is 79.0 Å². The van der Waals surface area contributed by atoms with Gasteiger partial charge in [-0.25, -0.2) is 12.7 Å². The molecule has 1 saturated carbocycles. The fraction of sp³-hybridized carbons (Fsp3) is 0.909. The standard InChI is InChI=1S/C11H22N4O2S.HI/c1-3-18(16,17)15-7-9(8-15)6-13-11(12)14(2)10-4-5-10;/h9-10H,3-8H2,1-2H3,(H2,12,13);1H. The molecular weight excluding hydrogens is 379 g/mol. The minimum Gasteiger partial charge on any atom is -0.370 e. The normalized spacial score (nSPS) is 21.7. The van der Waals surface area contributed by atoms with Gasteiger partial charge in [-0.3, -0.25) is 4.99 Å². The number of guanidine groups is 1. The van der Waals surface area contributed by atoms with Crippen LogP contribution < -0.4 is 5.73 Å². The number of hydrogen-bond acceptors (Lipinski definition) is 3. The van der Waals surface area contributed by atoms with E-state index in [2.05, 4.69) is 4.99 Å². The van der Waals surface area contributed by atoms with Crippen molar-refractivity contribution in [1.29, 1.82) is 0 Å². The van der Waals surface area contributed by atoms with Crippen LogP contribution >= 0.6 is 24.0 Å². The third-order valence-corrected chi connectivity index (χ3v) is 5.46. The van der Waals surface area contributed by atoms with Gasteiger partial charge in [-0.05, 0) is 19.8 Å². The van der Waals surface area contributed by atoms with E-state index in [0.29, 0.717) is 37.6 Å². The maximum Gasteiger partial charge on any atom is 0.213 e. The van der Waals surface area contributed by atoms with E-state index in [-0.39, 0.29) is 29.7 Å². The summed E-state index contributed by atoms with van der Waals surface area (Å²) in [5.41, 5.74) is 5.88. The van der Waals surface area contributed by atoms with Gasteiger partial charge in [-0.15, -0.1) is 24.0 Å². The van der Waals surface area contributed by atoms with Crippen molar-refractivity contribution in [3.05, 3.63) is 0 Å². The van der Waals surface area contributed by atoms with Gasteiger partial charge < -0.3 is 10.6 Å². The molecule has 1 saturated heterocycles. The highest BCUT2D eigenvalue weighted by Gasteiger charge is 2.34. The summed E-state index contributed by atoms with van der Waals surface area (Å²) in [6.45, 7) is 3.46. The molecule has 8 heteroatoms. The number of nitrogens with two attached hydrogens (primary N) is 1. The lowest BCUT2D eigenvalue weighted by atomic mass is 10.0. The lowest BCUT2D eigenvalue weighted by Crippen LogP contribution is -2.51. The molecule has 6 nitrogen and oxygen atoms in total. The number of aliphatic imine (C=N–C) groups is 1. The maximum atomic E-state index is 11.5. The average molecular weight is 402 g/mol. The van der Waals surface area contributed by atoms with Crippen molar-refractivity contribution >= 4 is 40.0 Å². The number of halogens is 1. The molecule has 1 aliphatic carbocycles. The first kappa shape index (κ1) is 17.0. The van der Waals surface area contributed by atoms with Gasteiger partial charge in [0, 0.05) is 38.6 Å². The van der Waals surface area contributed by atoms with E-state index in [9.17, 15) is 8.42 Å². The van der Waals surface area contributed by atoms with Gasteiger partial charge in [0.15, 0.2) is 5.96 Å². The predicted molar refractivity (Wildman–Crippen MR) is 87.2 cm³/mol. The van der Waals surface area contributed by atoms with Crippen molar-refractivity contribution < 1.29 is 8.42 Å². The summed E-state index contributed by atoms with van der Waals surface area (Å²) < 4.78 is 24.6. The molecule has 0 radical (unpaired) electrons. The van der Waals surface area contributed by atoms with Gasteiger partial charge >= 0.3 is 0 Å². The molecule has 1 heterocycles. The van der Waals surface area contributed by atoms with Crippen LogP contribution in [0.5, 0.6) is 0 Å². The van der Waals surface area contributed by atoms with E-state index in [0.717, 1.165) is 0 Å². The Balaban J connectivity index is 0.00000180. The van der Waals surface area contributed by atoms with Gasteiger partial charge in [-0.1, -0.05) is 0 Å². The molecule has 0 bridgehead atoms. The van der Waals surface area contributed by atoms with Crippen LogP contribution in [0, 0.1) is 5.92 Å². The average Bonchev–Trinajstić information content (AvgIpc) is 3.09. The van der Waals surface area contributed by atoms with Crippen LogP contribution in [0.1, 0.15) is 19.8 Å². The van der Waals surface area contributed by atoms with Gasteiger partial charge in [0.25, 0.3) is 0 Å². The molecule has 0 unspecified atom stereocenters. The van der Waals surface area contributed by atoms with E-state index in [1.165, 1.54) is 17.1 Å². The third kappa shape index (κ3) is 4.19. The molecule has 112 valence electrons. The van der Waals surface area contributed by atoms with Gasteiger partial charge in [-0.2, -0.15) is 0 Å². The summed E-state index contributed by atoms with van der Waals surface area (Å²) in [4.78, 5) is 6.36. The highest BCUT2D eigenvalue weighted by molar-refractivity contribution is 14.0. The molecule has 2 aliphatic rings. The Bertz CT molecular complexity index is 430. The Morgan fingerprint density at radius 1 is 1.42 bits per heavy atom. The Labute approximate surface area is 132 Å². The molecule has 2 N–H and O–H groups in total. The van der Waals surface area contributed by atoms with Crippen molar-refractivity contribution in [1.82, 2.24) is 9.21 Å².